The second-order valence-electron chi connectivity index (χ2n) is 18.6. The van der Waals surface area contributed by atoms with Crippen LogP contribution in [0.1, 0.15) is 68.7 Å². The van der Waals surface area contributed by atoms with Gasteiger partial charge in [-0.2, -0.15) is 5.06 Å². The number of carbonyl (C=O) groups is 4. The molecule has 1 saturated carbocycles. The van der Waals surface area contributed by atoms with Crippen LogP contribution in [0.4, 0.5) is 0 Å². The van der Waals surface area contributed by atoms with Crippen molar-refractivity contribution in [3.63, 3.8) is 0 Å². The van der Waals surface area contributed by atoms with Crippen LogP contribution in [0.25, 0.3) is 6.08 Å². The number of benzene rings is 2. The molecule has 12 atom stereocenters. The van der Waals surface area contributed by atoms with Crippen molar-refractivity contribution < 1.29 is 78.0 Å². The molecule has 2 amide bonds. The second-order valence-corrected chi connectivity index (χ2v) is 18.6. The van der Waals surface area contributed by atoms with Gasteiger partial charge >= 0.3 is 11.9 Å². The number of nitrogens with one attached hydrogen (secondary N) is 2. The molecule has 4 heterocycles. The van der Waals surface area contributed by atoms with Crippen molar-refractivity contribution in [1.82, 2.24) is 15.7 Å². The first kappa shape index (κ1) is 47.1. The number of rotatable bonds is 16. The van der Waals surface area contributed by atoms with E-state index in [4.69, 9.17) is 33.3 Å². The van der Waals surface area contributed by atoms with Crippen LogP contribution < -0.4 is 10.6 Å². The molecule has 19 heteroatoms. The fourth-order valence-corrected chi connectivity index (χ4v) is 9.95. The first-order valence-electron chi connectivity index (χ1n) is 22.2. The third-order valence-corrected chi connectivity index (χ3v) is 12.9. The monoisotopic (exact) mass is 909 g/mol. The smallest absolute Gasteiger partial charge is 0.327 e. The molecule has 2 aromatic carbocycles. The Hall–Kier alpha value is -4.38. The summed E-state index contributed by atoms with van der Waals surface area (Å²) in [5.74, 6) is -3.18. The first-order valence-corrected chi connectivity index (χ1v) is 22.2. The van der Waals surface area contributed by atoms with E-state index in [9.17, 15) is 44.7 Å². The largest absolute Gasteiger partial charge is 0.460 e. The van der Waals surface area contributed by atoms with E-state index in [-0.39, 0.29) is 45.4 Å². The molecule has 1 spiro atoms. The van der Waals surface area contributed by atoms with Crippen LogP contribution in [0, 0.1) is 5.41 Å². The van der Waals surface area contributed by atoms with E-state index in [0.29, 0.717) is 24.0 Å². The number of nitrogens with zero attached hydrogens (tertiary/aromatic N) is 1. The highest BCUT2D eigenvalue weighted by Gasteiger charge is 2.76. The number of amides is 2. The Morgan fingerprint density at radius 2 is 1.66 bits per heavy atom. The van der Waals surface area contributed by atoms with Gasteiger partial charge in [-0.3, -0.25) is 24.0 Å². The van der Waals surface area contributed by atoms with Gasteiger partial charge in [0.1, 0.15) is 59.8 Å². The van der Waals surface area contributed by atoms with Crippen LogP contribution in [0.3, 0.4) is 0 Å². The third kappa shape index (κ3) is 9.60. The van der Waals surface area contributed by atoms with Gasteiger partial charge in [-0.15, -0.1) is 0 Å². The van der Waals surface area contributed by atoms with Crippen LogP contribution >= 0.6 is 0 Å². The molecule has 12 unspecified atom stereocenters. The summed E-state index contributed by atoms with van der Waals surface area (Å²) >= 11 is 0. The van der Waals surface area contributed by atoms with Crippen molar-refractivity contribution in [3.8, 4) is 0 Å². The SMILES string of the molecule is CC(C)(C)OC(=O)CCC(CO)NC(=O)CCNC(=O)C12CC3OC(=O)C1N(Cc1ccccc1C=CCOC1OC(CO)C(O)C(O)C1O)OC2C1OC2(Cc4ccccc4C2)OC31. The molecule has 2 aromatic rings. The molecule has 4 aliphatic heterocycles. The molecule has 2 aliphatic carbocycles. The molecular weight excluding hydrogens is 851 g/mol. The van der Waals surface area contributed by atoms with E-state index in [2.05, 4.69) is 10.6 Å². The van der Waals surface area contributed by atoms with Crippen LogP contribution in [-0.2, 0) is 71.8 Å². The summed E-state index contributed by atoms with van der Waals surface area (Å²) in [7, 11) is 0. The Morgan fingerprint density at radius 1 is 0.954 bits per heavy atom. The lowest BCUT2D eigenvalue weighted by atomic mass is 9.62. The Kier molecular flexibility index (Phi) is 13.8. The van der Waals surface area contributed by atoms with Gasteiger partial charge in [-0.1, -0.05) is 60.7 Å². The molecule has 354 valence electrons. The minimum Gasteiger partial charge on any atom is -0.460 e. The predicted octanol–water partition coefficient (Wildman–Crippen LogP) is -0.299. The van der Waals surface area contributed by atoms with Gasteiger partial charge < -0.3 is 64.6 Å². The number of hydroxylamine groups is 2. The number of hydrogen-bond acceptors (Lipinski definition) is 17. The number of hydrogen-bond donors (Lipinski definition) is 7. The quantitative estimate of drug-likeness (QED) is 0.107. The lowest BCUT2D eigenvalue weighted by Gasteiger charge is -2.48. The fraction of sp³-hybridized carbons (Fsp3) is 0.609. The molecular formula is C46H59N3O16. The third-order valence-electron chi connectivity index (χ3n) is 12.9. The average Bonchev–Trinajstić information content (AvgIpc) is 3.95. The number of carbonyl (C=O) groups excluding carboxylic acids is 4. The Labute approximate surface area is 375 Å². The van der Waals surface area contributed by atoms with Crippen LogP contribution in [0.15, 0.2) is 54.6 Å². The summed E-state index contributed by atoms with van der Waals surface area (Å²) in [5, 5.41) is 57.2. The number of aliphatic hydroxyl groups excluding tert-OH is 5. The zero-order chi connectivity index (χ0) is 46.3. The lowest BCUT2D eigenvalue weighted by Crippen LogP contribution is -2.69. The lowest BCUT2D eigenvalue weighted by molar-refractivity contribution is -0.298. The summed E-state index contributed by atoms with van der Waals surface area (Å²) in [6, 6.07) is 13.3. The highest BCUT2D eigenvalue weighted by molar-refractivity contribution is 5.94. The van der Waals surface area contributed by atoms with Gasteiger partial charge in [0.15, 0.2) is 18.1 Å². The number of ether oxygens (including phenoxy) is 6. The maximum absolute atomic E-state index is 14.8. The first-order chi connectivity index (χ1) is 31.0. The summed E-state index contributed by atoms with van der Waals surface area (Å²) in [6.45, 7) is 4.07. The maximum atomic E-state index is 14.8. The van der Waals surface area contributed by atoms with Gasteiger partial charge in [0.05, 0.1) is 32.4 Å². The Balaban J connectivity index is 0.986. The van der Waals surface area contributed by atoms with Crippen molar-refractivity contribution in [2.75, 3.05) is 26.4 Å². The molecule has 4 saturated heterocycles. The fourth-order valence-electron chi connectivity index (χ4n) is 9.95. The highest BCUT2D eigenvalue weighted by atomic mass is 16.8. The minimum atomic E-state index is -1.59. The van der Waals surface area contributed by atoms with Crippen LogP contribution in [-0.4, -0.2) is 159 Å². The van der Waals surface area contributed by atoms with Crippen molar-refractivity contribution >= 4 is 29.8 Å². The van der Waals surface area contributed by atoms with Crippen molar-refractivity contribution in [2.45, 2.75) is 144 Å². The summed E-state index contributed by atoms with van der Waals surface area (Å²) < 4.78 is 36.1. The van der Waals surface area contributed by atoms with Crippen molar-refractivity contribution in [1.29, 1.82) is 0 Å². The van der Waals surface area contributed by atoms with E-state index < -0.39 is 121 Å². The predicted molar refractivity (Wildman–Crippen MR) is 224 cm³/mol. The van der Waals surface area contributed by atoms with Gasteiger partial charge in [0, 0.05) is 38.6 Å². The van der Waals surface area contributed by atoms with Gasteiger partial charge in [-0.05, 0) is 49.4 Å². The van der Waals surface area contributed by atoms with E-state index in [1.807, 2.05) is 48.5 Å². The van der Waals surface area contributed by atoms with Gasteiger partial charge in [-0.25, -0.2) is 0 Å². The summed E-state index contributed by atoms with van der Waals surface area (Å²) in [5.41, 5.74) is 1.34. The molecule has 5 fully saturated rings. The van der Waals surface area contributed by atoms with E-state index in [0.717, 1.165) is 11.1 Å². The van der Waals surface area contributed by atoms with E-state index in [1.54, 1.807) is 32.9 Å². The van der Waals surface area contributed by atoms with Crippen molar-refractivity contribution in [2.24, 2.45) is 5.41 Å². The molecule has 6 aliphatic rings. The summed E-state index contributed by atoms with van der Waals surface area (Å²) in [4.78, 5) is 61.1. The molecule has 0 radical (unpaired) electrons. The van der Waals surface area contributed by atoms with Gasteiger partial charge in [0.25, 0.3) is 0 Å². The maximum Gasteiger partial charge on any atom is 0.327 e. The van der Waals surface area contributed by atoms with Gasteiger partial charge in [0.2, 0.25) is 11.8 Å². The number of esters is 2. The minimum absolute atomic E-state index is 0.0133. The standard InChI is InChI=1S/C46H59N3O16/c1-44(2,3)62-33(53)15-14-29(23-50)48-32(52)16-17-47-43(58)46-21-30-37-38(64-45(63-37)19-26-10-5-6-11-27(26)20-45)40(46)65-49(39(46)41(57)60-30)22-28-12-7-4-9-25(28)13-8-18-59-42-36(56)35(55)34(54)31(24-51)61-42/h4-13,29-31,34-40,42,50-51,54-56H,14-24H2,1-3H3,(H,47,58)(H,48,52). The Morgan fingerprint density at radius 3 is 2.37 bits per heavy atom. The second kappa shape index (κ2) is 19.1. The zero-order valence-corrected chi connectivity index (χ0v) is 36.6. The van der Waals surface area contributed by atoms with Crippen LogP contribution in [0.2, 0.25) is 0 Å². The average molecular weight is 910 g/mol. The molecule has 8 rings (SSSR count). The number of fused-ring (bicyclic) bond motifs is 5. The molecule has 7 N–H and O–H groups in total. The van der Waals surface area contributed by atoms with Crippen LogP contribution in [0.5, 0.6) is 0 Å². The number of aliphatic hydroxyl groups is 5. The topological polar surface area (TPSA) is 261 Å². The molecule has 19 nitrogen and oxygen atoms in total. The Bertz CT molecular complexity index is 2090. The van der Waals surface area contributed by atoms with E-state index >= 15 is 0 Å². The molecule has 2 bridgehead atoms. The highest BCUT2D eigenvalue weighted by Crippen LogP contribution is 2.58. The van der Waals surface area contributed by atoms with Crippen molar-refractivity contribution in [3.05, 3.63) is 76.9 Å². The van der Waals surface area contributed by atoms with E-state index in [1.165, 1.54) is 5.06 Å². The normalized spacial score (nSPS) is 32.8. The molecule has 65 heavy (non-hydrogen) atoms. The summed E-state index contributed by atoms with van der Waals surface area (Å²) in [6.07, 6.45) is -6.16. The zero-order valence-electron chi connectivity index (χ0n) is 36.6. The molecule has 0 aromatic heterocycles.